The van der Waals surface area contributed by atoms with Crippen molar-refractivity contribution in [3.05, 3.63) is 0 Å². The second-order valence-corrected chi connectivity index (χ2v) is 4.24. The molecular weight excluding hydrogens is 184 g/mol. The number of amides is 1. The van der Waals surface area contributed by atoms with Gasteiger partial charge in [0.05, 0.1) is 12.5 Å². The maximum Gasteiger partial charge on any atom is 0.303 e. The van der Waals surface area contributed by atoms with Gasteiger partial charge in [-0.05, 0) is 12.3 Å². The van der Waals surface area contributed by atoms with E-state index in [0.717, 1.165) is 0 Å². The van der Waals surface area contributed by atoms with Crippen molar-refractivity contribution in [2.24, 2.45) is 11.1 Å². The van der Waals surface area contributed by atoms with Gasteiger partial charge < -0.3 is 16.2 Å². The van der Waals surface area contributed by atoms with Crippen LogP contribution in [0.4, 0.5) is 0 Å². The lowest BCUT2D eigenvalue weighted by atomic mass is 9.89. The highest BCUT2D eigenvalue weighted by atomic mass is 16.4. The molecule has 14 heavy (non-hydrogen) atoms. The van der Waals surface area contributed by atoms with Gasteiger partial charge in [0, 0.05) is 6.54 Å². The number of nitrogens with two attached hydrogens (primary N) is 1. The largest absolute Gasteiger partial charge is 0.481 e. The highest BCUT2D eigenvalue weighted by Gasteiger charge is 2.22. The highest BCUT2D eigenvalue weighted by molar-refractivity contribution is 5.81. The Hall–Kier alpha value is -1.10. The molecule has 0 radical (unpaired) electrons. The summed E-state index contributed by atoms with van der Waals surface area (Å²) in [5, 5.41) is 11.2. The van der Waals surface area contributed by atoms with Crippen LogP contribution in [0.3, 0.4) is 0 Å². The topological polar surface area (TPSA) is 92.4 Å². The molecule has 0 fully saturated rings. The molecule has 5 nitrogen and oxygen atoms in total. The molecule has 0 aliphatic heterocycles. The van der Waals surface area contributed by atoms with Crippen molar-refractivity contribution < 1.29 is 14.7 Å². The van der Waals surface area contributed by atoms with Crippen LogP contribution in [0.25, 0.3) is 0 Å². The molecule has 0 aliphatic carbocycles. The Morgan fingerprint density at radius 3 is 2.36 bits per heavy atom. The zero-order chi connectivity index (χ0) is 11.4. The van der Waals surface area contributed by atoms with Gasteiger partial charge in [-0.3, -0.25) is 9.59 Å². The molecule has 0 rings (SSSR count). The van der Waals surface area contributed by atoms with Crippen molar-refractivity contribution in [1.82, 2.24) is 5.32 Å². The summed E-state index contributed by atoms with van der Waals surface area (Å²) in [6.45, 7) is 5.46. The lowest BCUT2D eigenvalue weighted by Crippen LogP contribution is -2.43. The first kappa shape index (κ1) is 12.9. The molecule has 0 heterocycles. The van der Waals surface area contributed by atoms with Crippen LogP contribution in [-0.2, 0) is 9.59 Å². The zero-order valence-electron chi connectivity index (χ0n) is 8.83. The van der Waals surface area contributed by atoms with E-state index in [-0.39, 0.29) is 12.3 Å². The van der Waals surface area contributed by atoms with Gasteiger partial charge in [0.2, 0.25) is 5.91 Å². The minimum Gasteiger partial charge on any atom is -0.481 e. The van der Waals surface area contributed by atoms with E-state index in [4.69, 9.17) is 10.8 Å². The van der Waals surface area contributed by atoms with Crippen LogP contribution >= 0.6 is 0 Å². The van der Waals surface area contributed by atoms with Crippen molar-refractivity contribution in [3.8, 4) is 0 Å². The first-order valence-electron chi connectivity index (χ1n) is 4.50. The molecular formula is C9H18N2O3. The number of hydrogen-bond acceptors (Lipinski definition) is 3. The number of carboxylic acids is 1. The fourth-order valence-corrected chi connectivity index (χ4v) is 0.959. The number of carbonyl (C=O) groups excluding carboxylic acids is 1. The molecule has 0 aromatic carbocycles. The fraction of sp³-hybridized carbons (Fsp3) is 0.778. The van der Waals surface area contributed by atoms with Crippen molar-refractivity contribution in [2.45, 2.75) is 33.2 Å². The van der Waals surface area contributed by atoms with E-state index in [0.29, 0.717) is 6.54 Å². The molecule has 1 atom stereocenters. The van der Waals surface area contributed by atoms with Gasteiger partial charge in [0.25, 0.3) is 0 Å². The molecule has 0 spiro atoms. The van der Waals surface area contributed by atoms with E-state index in [1.165, 1.54) is 0 Å². The van der Waals surface area contributed by atoms with Crippen molar-refractivity contribution in [1.29, 1.82) is 0 Å². The normalized spacial score (nSPS) is 13.4. The Morgan fingerprint density at radius 1 is 1.50 bits per heavy atom. The van der Waals surface area contributed by atoms with E-state index in [2.05, 4.69) is 5.32 Å². The first-order chi connectivity index (χ1) is 6.24. The van der Waals surface area contributed by atoms with Crippen LogP contribution < -0.4 is 11.1 Å². The number of rotatable bonds is 5. The number of nitrogens with one attached hydrogen (secondary N) is 1. The Labute approximate surface area is 83.7 Å². The summed E-state index contributed by atoms with van der Waals surface area (Å²) in [6.07, 6.45) is 0.0201. The third-order valence-corrected chi connectivity index (χ3v) is 1.78. The predicted molar refractivity (Wildman–Crippen MR) is 52.7 cm³/mol. The lowest BCUT2D eigenvalue weighted by molar-refractivity contribution is -0.139. The third kappa shape index (κ3) is 5.53. The summed E-state index contributed by atoms with van der Waals surface area (Å²) in [6, 6.07) is -0.560. The molecule has 0 aromatic heterocycles. The standard InChI is InChI=1S/C9H18N2O3/c1-6(10)8(14)11-5-9(2,3)4-7(12)13/h6H,4-5,10H2,1-3H3,(H,11,14)(H,12,13)/t6-/m0/s1. The Morgan fingerprint density at radius 2 is 2.00 bits per heavy atom. The van der Waals surface area contributed by atoms with Gasteiger partial charge in [0.1, 0.15) is 0 Å². The summed E-state index contributed by atoms with van der Waals surface area (Å²) < 4.78 is 0. The molecule has 4 N–H and O–H groups in total. The molecule has 0 aliphatic rings. The molecule has 0 saturated heterocycles. The molecule has 0 aromatic rings. The van der Waals surface area contributed by atoms with Crippen LogP contribution in [0.1, 0.15) is 27.2 Å². The van der Waals surface area contributed by atoms with Gasteiger partial charge in [-0.25, -0.2) is 0 Å². The van der Waals surface area contributed by atoms with Crippen molar-refractivity contribution in [3.63, 3.8) is 0 Å². The minimum absolute atomic E-state index is 0.0201. The van der Waals surface area contributed by atoms with Crippen LogP contribution in [-0.4, -0.2) is 29.6 Å². The lowest BCUT2D eigenvalue weighted by Gasteiger charge is -2.23. The Bertz CT molecular complexity index is 224. The van der Waals surface area contributed by atoms with Crippen LogP contribution in [0, 0.1) is 5.41 Å². The van der Waals surface area contributed by atoms with E-state index < -0.39 is 17.4 Å². The maximum atomic E-state index is 11.1. The molecule has 82 valence electrons. The van der Waals surface area contributed by atoms with Crippen LogP contribution in [0.5, 0.6) is 0 Å². The molecule has 1 amide bonds. The number of carboxylic acid groups (broad SMARTS) is 1. The van der Waals surface area contributed by atoms with Gasteiger partial charge in [0.15, 0.2) is 0 Å². The molecule has 0 bridgehead atoms. The number of hydrogen-bond donors (Lipinski definition) is 3. The van der Waals surface area contributed by atoms with E-state index in [9.17, 15) is 9.59 Å². The molecule has 5 heteroatoms. The summed E-state index contributed by atoms with van der Waals surface area (Å²) in [7, 11) is 0. The SMILES string of the molecule is C[C@H](N)C(=O)NCC(C)(C)CC(=O)O. The van der Waals surface area contributed by atoms with Gasteiger partial charge in [-0.2, -0.15) is 0 Å². The minimum atomic E-state index is -0.870. The second-order valence-electron chi connectivity index (χ2n) is 4.24. The van der Waals surface area contributed by atoms with Crippen LogP contribution in [0.2, 0.25) is 0 Å². The molecule has 0 unspecified atom stereocenters. The summed E-state index contributed by atoms with van der Waals surface area (Å²) in [5.74, 6) is -1.13. The average Bonchev–Trinajstić information content (AvgIpc) is 1.97. The Kier molecular flexibility index (Phi) is 4.56. The highest BCUT2D eigenvalue weighted by Crippen LogP contribution is 2.18. The number of carbonyl (C=O) groups is 2. The smallest absolute Gasteiger partial charge is 0.303 e. The quantitative estimate of drug-likeness (QED) is 0.582. The van der Waals surface area contributed by atoms with E-state index >= 15 is 0 Å². The van der Waals surface area contributed by atoms with Crippen molar-refractivity contribution >= 4 is 11.9 Å². The molecule has 0 saturated carbocycles. The third-order valence-electron chi connectivity index (χ3n) is 1.78. The monoisotopic (exact) mass is 202 g/mol. The summed E-state index contributed by atoms with van der Waals surface area (Å²) >= 11 is 0. The second kappa shape index (κ2) is 4.95. The summed E-state index contributed by atoms with van der Waals surface area (Å²) in [5.41, 5.74) is 4.89. The van der Waals surface area contributed by atoms with Gasteiger partial charge in [-0.1, -0.05) is 13.8 Å². The van der Waals surface area contributed by atoms with Crippen molar-refractivity contribution in [2.75, 3.05) is 6.54 Å². The zero-order valence-corrected chi connectivity index (χ0v) is 8.83. The van der Waals surface area contributed by atoms with Gasteiger partial charge >= 0.3 is 5.97 Å². The van der Waals surface area contributed by atoms with E-state index in [1.807, 2.05) is 0 Å². The summed E-state index contributed by atoms with van der Waals surface area (Å²) in [4.78, 5) is 21.5. The first-order valence-corrected chi connectivity index (χ1v) is 4.50. The predicted octanol–water partition coefficient (Wildman–Crippen LogP) is -0.0493. The average molecular weight is 202 g/mol. The fourth-order valence-electron chi connectivity index (χ4n) is 0.959. The number of aliphatic carboxylic acids is 1. The van der Waals surface area contributed by atoms with E-state index in [1.54, 1.807) is 20.8 Å². The van der Waals surface area contributed by atoms with Crippen LogP contribution in [0.15, 0.2) is 0 Å². The Balaban J connectivity index is 3.98. The van der Waals surface area contributed by atoms with Gasteiger partial charge in [-0.15, -0.1) is 0 Å². The maximum absolute atomic E-state index is 11.1.